The highest BCUT2D eigenvalue weighted by atomic mass is 19.4. The number of anilines is 1. The van der Waals surface area contributed by atoms with Crippen LogP contribution in [0.25, 0.3) is 10.9 Å². The van der Waals surface area contributed by atoms with Gasteiger partial charge in [0.1, 0.15) is 0 Å². The van der Waals surface area contributed by atoms with Gasteiger partial charge in [0.2, 0.25) is 5.95 Å². The largest absolute Gasteiger partial charge is 0.416 e. The number of nitrogens with zero attached hydrogens (tertiary/aromatic N) is 2. The fraction of sp³-hybridized carbons (Fsp3) is 0.200. The summed E-state index contributed by atoms with van der Waals surface area (Å²) in [5, 5.41) is 0.275. The van der Waals surface area contributed by atoms with Crippen LogP contribution in [-0.4, -0.2) is 9.97 Å². The molecule has 0 amide bonds. The minimum atomic E-state index is -4.40. The predicted octanol–water partition coefficient (Wildman–Crippen LogP) is 1.69. The molecule has 2 aromatic rings. The molecule has 2 rings (SSSR count). The van der Waals surface area contributed by atoms with Crippen LogP contribution in [-0.2, 0) is 12.7 Å². The lowest BCUT2D eigenvalue weighted by Crippen LogP contribution is -2.08. The number of hydrogen-bond acceptors (Lipinski definition) is 4. The predicted molar refractivity (Wildman–Crippen MR) is 56.8 cm³/mol. The van der Waals surface area contributed by atoms with Gasteiger partial charge >= 0.3 is 6.18 Å². The first-order valence-corrected chi connectivity index (χ1v) is 4.75. The van der Waals surface area contributed by atoms with Crippen molar-refractivity contribution >= 4 is 16.9 Å². The second-order valence-electron chi connectivity index (χ2n) is 3.46. The summed E-state index contributed by atoms with van der Waals surface area (Å²) < 4.78 is 37.6. The van der Waals surface area contributed by atoms with E-state index in [0.717, 1.165) is 12.1 Å². The molecule has 0 atom stereocenters. The fourth-order valence-electron chi connectivity index (χ4n) is 1.54. The van der Waals surface area contributed by atoms with Crippen LogP contribution in [0.15, 0.2) is 18.2 Å². The van der Waals surface area contributed by atoms with Crippen LogP contribution >= 0.6 is 0 Å². The maximum atomic E-state index is 12.5. The third-order valence-corrected chi connectivity index (χ3v) is 2.31. The molecule has 1 heterocycles. The number of benzene rings is 1. The molecule has 4 N–H and O–H groups in total. The summed E-state index contributed by atoms with van der Waals surface area (Å²) in [5.41, 5.74) is 10.7. The summed E-state index contributed by atoms with van der Waals surface area (Å²) >= 11 is 0. The first-order chi connectivity index (χ1) is 7.91. The van der Waals surface area contributed by atoms with Crippen molar-refractivity contribution < 1.29 is 13.2 Å². The van der Waals surface area contributed by atoms with Gasteiger partial charge in [0.25, 0.3) is 0 Å². The van der Waals surface area contributed by atoms with Gasteiger partial charge < -0.3 is 11.5 Å². The zero-order valence-corrected chi connectivity index (χ0v) is 8.62. The average Bonchev–Trinajstić information content (AvgIpc) is 2.25. The van der Waals surface area contributed by atoms with E-state index in [-0.39, 0.29) is 17.9 Å². The number of halogens is 3. The van der Waals surface area contributed by atoms with Gasteiger partial charge in [-0.05, 0) is 18.2 Å². The Kier molecular flexibility index (Phi) is 2.62. The summed E-state index contributed by atoms with van der Waals surface area (Å²) in [6, 6.07) is 3.20. The van der Waals surface area contributed by atoms with Gasteiger partial charge in [-0.1, -0.05) is 0 Å². The van der Waals surface area contributed by atoms with E-state index in [9.17, 15) is 13.2 Å². The monoisotopic (exact) mass is 242 g/mol. The molecule has 1 aromatic heterocycles. The van der Waals surface area contributed by atoms with Gasteiger partial charge in [-0.2, -0.15) is 13.2 Å². The Bertz CT molecular complexity index is 565. The van der Waals surface area contributed by atoms with E-state index >= 15 is 0 Å². The molecule has 1 aromatic carbocycles. The molecule has 0 aliphatic rings. The normalized spacial score (nSPS) is 12.0. The summed E-state index contributed by atoms with van der Waals surface area (Å²) in [6.45, 7) is 0.00449. The Balaban J connectivity index is 2.72. The molecule has 0 radical (unpaired) electrons. The first-order valence-electron chi connectivity index (χ1n) is 4.75. The maximum Gasteiger partial charge on any atom is 0.416 e. The number of nitrogens with two attached hydrogens (primary N) is 2. The molecule has 0 fully saturated rings. The van der Waals surface area contributed by atoms with E-state index in [1.807, 2.05) is 0 Å². The average molecular weight is 242 g/mol. The molecule has 0 saturated carbocycles. The van der Waals surface area contributed by atoms with E-state index < -0.39 is 11.7 Å². The van der Waals surface area contributed by atoms with Gasteiger partial charge in [-0.3, -0.25) is 0 Å². The molecule has 4 nitrogen and oxygen atoms in total. The van der Waals surface area contributed by atoms with Gasteiger partial charge in [-0.15, -0.1) is 0 Å². The Morgan fingerprint density at radius 2 is 1.88 bits per heavy atom. The van der Waals surface area contributed by atoms with Gasteiger partial charge in [-0.25, -0.2) is 9.97 Å². The number of rotatable bonds is 1. The minimum Gasteiger partial charge on any atom is -0.368 e. The van der Waals surface area contributed by atoms with E-state index in [2.05, 4.69) is 9.97 Å². The second kappa shape index (κ2) is 3.85. The lowest BCUT2D eigenvalue weighted by atomic mass is 10.1. The molecule has 7 heteroatoms. The van der Waals surface area contributed by atoms with E-state index in [4.69, 9.17) is 11.5 Å². The highest BCUT2D eigenvalue weighted by Crippen LogP contribution is 2.31. The standard InChI is InChI=1S/C10H9F3N4/c11-10(12,13)5-1-2-7-6(3-5)8(4-14)17-9(15)16-7/h1-3H,4,14H2,(H2,15,16,17). The van der Waals surface area contributed by atoms with Crippen LogP contribution in [0.5, 0.6) is 0 Å². The van der Waals surface area contributed by atoms with Gasteiger partial charge in [0, 0.05) is 11.9 Å². The molecule has 0 unspecified atom stereocenters. The molecule has 0 spiro atoms. The summed E-state index contributed by atoms with van der Waals surface area (Å²) in [5.74, 6) is -0.00212. The third kappa shape index (κ3) is 2.14. The Hall–Kier alpha value is -1.89. The number of aromatic nitrogens is 2. The molecule has 0 saturated heterocycles. The summed E-state index contributed by atoms with van der Waals surface area (Å²) in [6.07, 6.45) is -4.40. The zero-order valence-electron chi connectivity index (χ0n) is 8.62. The topological polar surface area (TPSA) is 77.8 Å². The lowest BCUT2D eigenvalue weighted by Gasteiger charge is -2.09. The van der Waals surface area contributed by atoms with Crippen molar-refractivity contribution in [1.29, 1.82) is 0 Å². The summed E-state index contributed by atoms with van der Waals surface area (Å²) in [7, 11) is 0. The number of nitrogen functional groups attached to an aromatic ring is 1. The maximum absolute atomic E-state index is 12.5. The Morgan fingerprint density at radius 3 is 2.47 bits per heavy atom. The molecule has 0 bridgehead atoms. The van der Waals surface area contributed by atoms with Crippen LogP contribution in [0, 0.1) is 0 Å². The Morgan fingerprint density at radius 1 is 1.18 bits per heavy atom. The number of fused-ring (bicyclic) bond motifs is 1. The van der Waals surface area contributed by atoms with Crippen LogP contribution in [0.4, 0.5) is 19.1 Å². The molecular formula is C10H9F3N4. The highest BCUT2D eigenvalue weighted by Gasteiger charge is 2.30. The van der Waals surface area contributed by atoms with Crippen molar-refractivity contribution in [2.24, 2.45) is 5.73 Å². The number of alkyl halides is 3. The van der Waals surface area contributed by atoms with Crippen molar-refractivity contribution in [1.82, 2.24) is 9.97 Å². The Labute approximate surface area is 94.5 Å². The van der Waals surface area contributed by atoms with E-state index in [0.29, 0.717) is 11.2 Å². The molecule has 17 heavy (non-hydrogen) atoms. The van der Waals surface area contributed by atoms with Crippen LogP contribution in [0.2, 0.25) is 0 Å². The van der Waals surface area contributed by atoms with Crippen molar-refractivity contribution in [3.8, 4) is 0 Å². The van der Waals surface area contributed by atoms with Gasteiger partial charge in [0.15, 0.2) is 0 Å². The van der Waals surface area contributed by atoms with E-state index in [1.165, 1.54) is 6.07 Å². The summed E-state index contributed by atoms with van der Waals surface area (Å²) in [4.78, 5) is 7.67. The van der Waals surface area contributed by atoms with Crippen molar-refractivity contribution in [2.75, 3.05) is 5.73 Å². The van der Waals surface area contributed by atoms with Crippen molar-refractivity contribution in [2.45, 2.75) is 12.7 Å². The molecular weight excluding hydrogens is 233 g/mol. The molecule has 0 aliphatic carbocycles. The fourth-order valence-corrected chi connectivity index (χ4v) is 1.54. The number of hydrogen-bond donors (Lipinski definition) is 2. The van der Waals surface area contributed by atoms with Crippen molar-refractivity contribution in [3.63, 3.8) is 0 Å². The van der Waals surface area contributed by atoms with Crippen LogP contribution in [0.1, 0.15) is 11.3 Å². The SMILES string of the molecule is NCc1nc(N)nc2ccc(C(F)(F)F)cc12. The molecule has 0 aliphatic heterocycles. The van der Waals surface area contributed by atoms with Crippen molar-refractivity contribution in [3.05, 3.63) is 29.5 Å². The van der Waals surface area contributed by atoms with Crippen LogP contribution in [0.3, 0.4) is 0 Å². The van der Waals surface area contributed by atoms with E-state index in [1.54, 1.807) is 0 Å². The third-order valence-electron chi connectivity index (χ3n) is 2.31. The first kappa shape index (κ1) is 11.6. The quantitative estimate of drug-likeness (QED) is 0.797. The zero-order chi connectivity index (χ0) is 12.6. The van der Waals surface area contributed by atoms with Crippen LogP contribution < -0.4 is 11.5 Å². The lowest BCUT2D eigenvalue weighted by molar-refractivity contribution is -0.137. The molecule has 90 valence electrons. The smallest absolute Gasteiger partial charge is 0.368 e. The minimum absolute atomic E-state index is 0.00212. The highest BCUT2D eigenvalue weighted by molar-refractivity contribution is 5.82. The van der Waals surface area contributed by atoms with Gasteiger partial charge in [0.05, 0.1) is 16.8 Å². The second-order valence-corrected chi connectivity index (χ2v) is 3.46.